The molecule has 0 aliphatic heterocycles. The van der Waals surface area contributed by atoms with Gasteiger partial charge in [0.05, 0.1) is 0 Å². The Morgan fingerprint density at radius 2 is 1.76 bits per heavy atom. The van der Waals surface area contributed by atoms with Gasteiger partial charge in [-0.3, -0.25) is 9.59 Å². The van der Waals surface area contributed by atoms with Crippen molar-refractivity contribution in [1.29, 1.82) is 0 Å². The third kappa shape index (κ3) is 7.39. The lowest BCUT2D eigenvalue weighted by Gasteiger charge is -2.19. The van der Waals surface area contributed by atoms with Gasteiger partial charge in [0, 0.05) is 40.2 Å². The minimum atomic E-state index is -0.857. The molecule has 1 N–H and O–H groups in total. The molecule has 0 saturated carbocycles. The second-order valence-corrected chi connectivity index (χ2v) is 6.87. The summed E-state index contributed by atoms with van der Waals surface area (Å²) in [5.74, 6) is -0.900. The van der Waals surface area contributed by atoms with Gasteiger partial charge in [0.25, 0.3) is 5.91 Å². The SMILES string of the molecule is C=C(c1ccccc1Cl)c1cc(Cl)ccc1NC(=O)C(CCC)OC(C)=O.CCl. The number of hydrogen-bond acceptors (Lipinski definition) is 3. The van der Waals surface area contributed by atoms with Gasteiger partial charge >= 0.3 is 5.97 Å². The standard InChI is InChI=1S/C21H21Cl2NO3.CH3Cl/c1-4-7-20(27-14(3)25)21(26)24-19-11-10-15(22)12-17(19)13(2)16-8-5-6-9-18(16)23;1-2/h5-6,8-12,20H,2,4,7H2,1,3H3,(H,24,26);1H3. The van der Waals surface area contributed by atoms with Crippen LogP contribution in [0.2, 0.25) is 10.0 Å². The minimum Gasteiger partial charge on any atom is -0.452 e. The number of ether oxygens (including phenoxy) is 1. The van der Waals surface area contributed by atoms with E-state index in [0.717, 1.165) is 5.56 Å². The number of rotatable bonds is 7. The molecule has 0 heterocycles. The van der Waals surface area contributed by atoms with Crippen molar-refractivity contribution in [3.63, 3.8) is 0 Å². The van der Waals surface area contributed by atoms with Crippen molar-refractivity contribution >= 4 is 57.9 Å². The van der Waals surface area contributed by atoms with E-state index in [4.69, 9.17) is 27.9 Å². The smallest absolute Gasteiger partial charge is 0.303 e. The molecule has 0 aromatic heterocycles. The number of carbonyl (C=O) groups excluding carboxylic acids is 2. The zero-order chi connectivity index (χ0) is 22.0. The summed E-state index contributed by atoms with van der Waals surface area (Å²) in [7, 11) is 0. The van der Waals surface area contributed by atoms with Crippen LogP contribution in [0.4, 0.5) is 5.69 Å². The molecule has 156 valence electrons. The van der Waals surface area contributed by atoms with Crippen molar-refractivity contribution in [2.24, 2.45) is 0 Å². The Morgan fingerprint density at radius 3 is 2.34 bits per heavy atom. The van der Waals surface area contributed by atoms with Gasteiger partial charge in [0.2, 0.25) is 0 Å². The summed E-state index contributed by atoms with van der Waals surface area (Å²) in [5, 5.41) is 3.87. The molecule has 0 fully saturated rings. The summed E-state index contributed by atoms with van der Waals surface area (Å²) in [6.45, 7) is 7.31. The molecule has 0 aliphatic carbocycles. The number of benzene rings is 2. The number of hydrogen-bond donors (Lipinski definition) is 1. The van der Waals surface area contributed by atoms with Crippen molar-refractivity contribution in [1.82, 2.24) is 0 Å². The summed E-state index contributed by atoms with van der Waals surface area (Å²) in [4.78, 5) is 23.9. The van der Waals surface area contributed by atoms with Crippen LogP contribution in [0.3, 0.4) is 0 Å². The van der Waals surface area contributed by atoms with E-state index in [-0.39, 0.29) is 0 Å². The van der Waals surface area contributed by atoms with Crippen LogP contribution < -0.4 is 5.32 Å². The predicted molar refractivity (Wildman–Crippen MR) is 122 cm³/mol. The summed E-state index contributed by atoms with van der Waals surface area (Å²) < 4.78 is 5.13. The van der Waals surface area contributed by atoms with Crippen LogP contribution in [0.5, 0.6) is 0 Å². The van der Waals surface area contributed by atoms with E-state index in [1.54, 1.807) is 24.3 Å². The number of carbonyl (C=O) groups is 2. The molecule has 0 radical (unpaired) electrons. The maximum atomic E-state index is 12.6. The number of amides is 1. The Labute approximate surface area is 186 Å². The van der Waals surface area contributed by atoms with Gasteiger partial charge in [-0.15, -0.1) is 11.6 Å². The fourth-order valence-corrected chi connectivity index (χ4v) is 3.07. The van der Waals surface area contributed by atoms with Gasteiger partial charge in [-0.25, -0.2) is 0 Å². The minimum absolute atomic E-state index is 0.400. The number of alkyl halides is 1. The molecular weight excluding hydrogens is 433 g/mol. The van der Waals surface area contributed by atoms with Crippen LogP contribution in [-0.4, -0.2) is 24.4 Å². The number of anilines is 1. The highest BCUT2D eigenvalue weighted by atomic mass is 35.5. The number of halogens is 3. The fourth-order valence-electron chi connectivity index (χ4n) is 2.65. The van der Waals surface area contributed by atoms with E-state index in [2.05, 4.69) is 23.5 Å². The molecule has 4 nitrogen and oxygen atoms in total. The predicted octanol–water partition coefficient (Wildman–Crippen LogP) is 6.58. The van der Waals surface area contributed by atoms with Crippen LogP contribution in [0, 0.1) is 0 Å². The van der Waals surface area contributed by atoms with Crippen LogP contribution in [0.15, 0.2) is 49.0 Å². The number of esters is 1. The molecule has 2 rings (SSSR count). The molecule has 2 aromatic carbocycles. The molecule has 29 heavy (non-hydrogen) atoms. The molecule has 1 amide bonds. The Morgan fingerprint density at radius 1 is 1.10 bits per heavy atom. The lowest BCUT2D eigenvalue weighted by atomic mass is 9.97. The second-order valence-electron chi connectivity index (χ2n) is 6.02. The Hall–Kier alpha value is -2.01. The van der Waals surface area contributed by atoms with Crippen molar-refractivity contribution in [2.75, 3.05) is 11.7 Å². The third-order valence-electron chi connectivity index (χ3n) is 3.92. The van der Waals surface area contributed by atoms with Gasteiger partial charge < -0.3 is 10.1 Å². The van der Waals surface area contributed by atoms with E-state index >= 15 is 0 Å². The van der Waals surface area contributed by atoms with Crippen LogP contribution in [0.1, 0.15) is 37.8 Å². The van der Waals surface area contributed by atoms with Crippen LogP contribution >= 0.6 is 34.8 Å². The molecule has 0 saturated heterocycles. The average molecular weight is 457 g/mol. The molecule has 1 unspecified atom stereocenters. The molecule has 2 aromatic rings. The first-order valence-corrected chi connectivity index (χ1v) is 10.4. The Bertz CT molecular complexity index is 868. The maximum absolute atomic E-state index is 12.6. The lowest BCUT2D eigenvalue weighted by molar-refractivity contribution is -0.152. The number of nitrogens with one attached hydrogen (secondary N) is 1. The molecule has 7 heteroatoms. The maximum Gasteiger partial charge on any atom is 0.303 e. The van der Waals surface area contributed by atoms with Gasteiger partial charge in [-0.2, -0.15) is 0 Å². The van der Waals surface area contributed by atoms with E-state index < -0.39 is 18.0 Å². The highest BCUT2D eigenvalue weighted by Gasteiger charge is 2.22. The van der Waals surface area contributed by atoms with Crippen LogP contribution in [0.25, 0.3) is 5.57 Å². The third-order valence-corrected chi connectivity index (χ3v) is 4.48. The monoisotopic (exact) mass is 455 g/mol. The summed E-state index contributed by atoms with van der Waals surface area (Å²) >= 11 is 17.1. The fraction of sp³-hybridized carbons (Fsp3) is 0.273. The van der Waals surface area contributed by atoms with Gasteiger partial charge in [0.1, 0.15) is 0 Å². The topological polar surface area (TPSA) is 55.4 Å². The van der Waals surface area contributed by atoms with E-state index in [1.165, 1.54) is 13.3 Å². The van der Waals surface area contributed by atoms with Gasteiger partial charge in [0.15, 0.2) is 6.10 Å². The van der Waals surface area contributed by atoms with E-state index in [9.17, 15) is 9.59 Å². The lowest BCUT2D eigenvalue weighted by Crippen LogP contribution is -2.32. The van der Waals surface area contributed by atoms with Crippen molar-refractivity contribution in [2.45, 2.75) is 32.8 Å². The first-order chi connectivity index (χ1) is 13.8. The highest BCUT2D eigenvalue weighted by Crippen LogP contribution is 2.34. The quantitative estimate of drug-likeness (QED) is 0.378. The van der Waals surface area contributed by atoms with Gasteiger partial charge in [-0.05, 0) is 36.3 Å². The average Bonchev–Trinajstić information content (AvgIpc) is 2.70. The highest BCUT2D eigenvalue weighted by molar-refractivity contribution is 6.33. The molecule has 0 aliphatic rings. The van der Waals surface area contributed by atoms with E-state index in [1.807, 2.05) is 25.1 Å². The summed E-state index contributed by atoms with van der Waals surface area (Å²) in [6, 6.07) is 12.4. The molecule has 1 atom stereocenters. The molecular formula is C22H24Cl3NO3. The zero-order valence-corrected chi connectivity index (χ0v) is 18.9. The second kappa shape index (κ2) is 12.5. The van der Waals surface area contributed by atoms with E-state index in [0.29, 0.717) is 39.7 Å². The Kier molecular flexibility index (Phi) is 10.8. The first-order valence-electron chi connectivity index (χ1n) is 8.93. The van der Waals surface area contributed by atoms with Gasteiger partial charge in [-0.1, -0.05) is 61.3 Å². The Balaban J connectivity index is 0.00000204. The largest absolute Gasteiger partial charge is 0.452 e. The van der Waals surface area contributed by atoms with Crippen molar-refractivity contribution in [3.8, 4) is 0 Å². The van der Waals surface area contributed by atoms with Crippen LogP contribution in [-0.2, 0) is 14.3 Å². The molecule has 0 spiro atoms. The first kappa shape index (κ1) is 25.0. The van der Waals surface area contributed by atoms with Crippen molar-refractivity contribution in [3.05, 3.63) is 70.2 Å². The zero-order valence-electron chi connectivity index (χ0n) is 16.6. The molecule has 0 bridgehead atoms. The van der Waals surface area contributed by atoms with Crippen molar-refractivity contribution < 1.29 is 14.3 Å². The normalized spacial score (nSPS) is 11.0. The summed E-state index contributed by atoms with van der Waals surface area (Å²) in [5.41, 5.74) is 2.52. The summed E-state index contributed by atoms with van der Waals surface area (Å²) in [6.07, 6.45) is 1.75.